The Kier molecular flexibility index (Phi) is 4.83. The lowest BCUT2D eigenvalue weighted by molar-refractivity contribution is 0.484. The van der Waals surface area contributed by atoms with Gasteiger partial charge in [-0.25, -0.2) is 13.1 Å². The van der Waals surface area contributed by atoms with Crippen LogP contribution in [0.4, 0.5) is 0 Å². The highest BCUT2D eigenvalue weighted by molar-refractivity contribution is 9.09. The van der Waals surface area contributed by atoms with Crippen molar-refractivity contribution in [2.75, 3.05) is 5.33 Å². The Morgan fingerprint density at radius 2 is 1.75 bits per heavy atom. The molecule has 2 aromatic carbocycles. The van der Waals surface area contributed by atoms with Crippen LogP contribution in [0.2, 0.25) is 0 Å². The molecule has 1 atom stereocenters. The molecule has 0 saturated carbocycles. The predicted molar refractivity (Wildman–Crippen MR) is 86.7 cm³/mol. The van der Waals surface area contributed by atoms with Crippen molar-refractivity contribution < 1.29 is 8.42 Å². The average Bonchev–Trinajstić information content (AvgIpc) is 2.43. The summed E-state index contributed by atoms with van der Waals surface area (Å²) in [4.78, 5) is 0.335. The van der Waals surface area contributed by atoms with Crippen molar-refractivity contribution in [2.24, 2.45) is 5.92 Å². The fraction of sp³-hybridized carbons (Fsp3) is 0.333. The standard InChI is InChI=1S/C15H18BrNO2S/c1-11(2)14(10-16)17-20(18,19)15-9-5-7-12-6-3-4-8-13(12)15/h3-9,11,14,17H,10H2,1-2H3. The zero-order chi connectivity index (χ0) is 14.8. The summed E-state index contributed by atoms with van der Waals surface area (Å²) in [6, 6.07) is 12.7. The van der Waals surface area contributed by atoms with Gasteiger partial charge in [-0.15, -0.1) is 0 Å². The van der Waals surface area contributed by atoms with Crippen LogP contribution in [-0.4, -0.2) is 19.8 Å². The maximum atomic E-state index is 12.6. The van der Waals surface area contributed by atoms with Gasteiger partial charge in [-0.1, -0.05) is 66.2 Å². The van der Waals surface area contributed by atoms with Gasteiger partial charge in [0.15, 0.2) is 0 Å². The van der Waals surface area contributed by atoms with Crippen LogP contribution in [0.15, 0.2) is 47.4 Å². The van der Waals surface area contributed by atoms with Crippen molar-refractivity contribution in [2.45, 2.75) is 24.8 Å². The lowest BCUT2D eigenvalue weighted by atomic mass is 10.1. The van der Waals surface area contributed by atoms with Crippen LogP contribution in [0.3, 0.4) is 0 Å². The first kappa shape index (κ1) is 15.5. The molecule has 5 heteroatoms. The van der Waals surface area contributed by atoms with Crippen LogP contribution < -0.4 is 4.72 Å². The Morgan fingerprint density at radius 3 is 2.40 bits per heavy atom. The van der Waals surface area contributed by atoms with Gasteiger partial charge in [0.1, 0.15) is 0 Å². The largest absolute Gasteiger partial charge is 0.241 e. The molecule has 2 aromatic rings. The number of sulfonamides is 1. The smallest absolute Gasteiger partial charge is 0.207 e. The topological polar surface area (TPSA) is 46.2 Å². The summed E-state index contributed by atoms with van der Waals surface area (Å²) < 4.78 is 28.0. The van der Waals surface area contributed by atoms with E-state index in [0.717, 1.165) is 10.8 Å². The van der Waals surface area contributed by atoms with Gasteiger partial charge in [-0.2, -0.15) is 0 Å². The minimum atomic E-state index is -3.52. The lowest BCUT2D eigenvalue weighted by Crippen LogP contribution is -2.39. The zero-order valence-corrected chi connectivity index (χ0v) is 13.9. The quantitative estimate of drug-likeness (QED) is 0.833. The highest BCUT2D eigenvalue weighted by Crippen LogP contribution is 2.23. The molecular weight excluding hydrogens is 338 g/mol. The summed E-state index contributed by atoms with van der Waals surface area (Å²) in [6.07, 6.45) is 0. The third-order valence-electron chi connectivity index (χ3n) is 3.32. The second-order valence-electron chi connectivity index (χ2n) is 5.10. The molecule has 0 radical (unpaired) electrons. The molecule has 0 heterocycles. The van der Waals surface area contributed by atoms with Crippen LogP contribution in [0.1, 0.15) is 13.8 Å². The average molecular weight is 356 g/mol. The van der Waals surface area contributed by atoms with Crippen LogP contribution in [-0.2, 0) is 10.0 Å². The Balaban J connectivity index is 2.47. The second-order valence-corrected chi connectivity index (χ2v) is 7.43. The van der Waals surface area contributed by atoms with Crippen molar-refractivity contribution in [1.29, 1.82) is 0 Å². The van der Waals surface area contributed by atoms with Crippen LogP contribution in [0, 0.1) is 5.92 Å². The van der Waals surface area contributed by atoms with Crippen molar-refractivity contribution in [1.82, 2.24) is 4.72 Å². The summed E-state index contributed by atoms with van der Waals surface area (Å²) in [5, 5.41) is 2.27. The van der Waals surface area contributed by atoms with Gasteiger partial charge in [-0.3, -0.25) is 0 Å². The van der Waals surface area contributed by atoms with Gasteiger partial charge in [0.25, 0.3) is 0 Å². The molecule has 1 N–H and O–H groups in total. The molecule has 0 fully saturated rings. The van der Waals surface area contributed by atoms with E-state index >= 15 is 0 Å². The number of fused-ring (bicyclic) bond motifs is 1. The van der Waals surface area contributed by atoms with Crippen molar-refractivity contribution in [3.63, 3.8) is 0 Å². The van der Waals surface area contributed by atoms with Crippen molar-refractivity contribution in [3.05, 3.63) is 42.5 Å². The molecule has 0 spiro atoms. The van der Waals surface area contributed by atoms with E-state index in [1.165, 1.54) is 0 Å². The Labute approximate surface area is 128 Å². The summed E-state index contributed by atoms with van der Waals surface area (Å²) in [6.45, 7) is 4.00. The van der Waals surface area contributed by atoms with Crippen LogP contribution in [0.5, 0.6) is 0 Å². The second kappa shape index (κ2) is 6.24. The van der Waals surface area contributed by atoms with Crippen molar-refractivity contribution >= 4 is 36.7 Å². The predicted octanol–water partition coefficient (Wildman–Crippen LogP) is 3.54. The minimum Gasteiger partial charge on any atom is -0.207 e. The first-order valence-electron chi connectivity index (χ1n) is 6.52. The molecule has 0 aromatic heterocycles. The molecule has 0 bridgehead atoms. The number of benzene rings is 2. The molecule has 0 aliphatic heterocycles. The molecule has 0 aliphatic carbocycles. The molecule has 20 heavy (non-hydrogen) atoms. The molecule has 3 nitrogen and oxygen atoms in total. The van der Waals surface area contributed by atoms with E-state index < -0.39 is 10.0 Å². The van der Waals surface area contributed by atoms with Gasteiger partial charge in [0, 0.05) is 16.8 Å². The number of hydrogen-bond acceptors (Lipinski definition) is 2. The van der Waals surface area contributed by atoms with E-state index in [2.05, 4.69) is 20.7 Å². The number of hydrogen-bond donors (Lipinski definition) is 1. The van der Waals surface area contributed by atoms with E-state index in [1.807, 2.05) is 44.2 Å². The summed E-state index contributed by atoms with van der Waals surface area (Å²) >= 11 is 3.36. The first-order chi connectivity index (χ1) is 9.45. The SMILES string of the molecule is CC(C)C(CBr)NS(=O)(=O)c1cccc2ccccc12. The van der Waals surface area contributed by atoms with E-state index in [0.29, 0.717) is 10.2 Å². The molecule has 0 aliphatic rings. The Morgan fingerprint density at radius 1 is 1.10 bits per heavy atom. The molecule has 1 unspecified atom stereocenters. The molecular formula is C15H18BrNO2S. The van der Waals surface area contributed by atoms with E-state index in [1.54, 1.807) is 12.1 Å². The third-order valence-corrected chi connectivity index (χ3v) is 5.56. The minimum absolute atomic E-state index is 0.126. The molecule has 0 saturated heterocycles. The first-order valence-corrected chi connectivity index (χ1v) is 9.12. The molecule has 0 amide bonds. The zero-order valence-electron chi connectivity index (χ0n) is 11.5. The molecule has 2 rings (SSSR count). The number of halogens is 1. The van der Waals surface area contributed by atoms with Gasteiger partial charge >= 0.3 is 0 Å². The van der Waals surface area contributed by atoms with Crippen LogP contribution >= 0.6 is 15.9 Å². The monoisotopic (exact) mass is 355 g/mol. The normalized spacial score (nSPS) is 13.8. The summed E-state index contributed by atoms with van der Waals surface area (Å²) in [5.41, 5.74) is 0. The Bertz CT molecular complexity index is 693. The summed E-state index contributed by atoms with van der Waals surface area (Å²) in [5.74, 6) is 0.221. The van der Waals surface area contributed by atoms with Crippen molar-refractivity contribution in [3.8, 4) is 0 Å². The third kappa shape index (κ3) is 3.22. The fourth-order valence-electron chi connectivity index (χ4n) is 2.04. The van der Waals surface area contributed by atoms with Crippen LogP contribution in [0.25, 0.3) is 10.8 Å². The van der Waals surface area contributed by atoms with E-state index in [4.69, 9.17) is 0 Å². The Hall–Kier alpha value is -0.910. The number of nitrogens with one attached hydrogen (secondary N) is 1. The maximum Gasteiger partial charge on any atom is 0.241 e. The van der Waals surface area contributed by atoms with Gasteiger partial charge in [0.05, 0.1) is 4.90 Å². The number of alkyl halides is 1. The molecule has 108 valence electrons. The van der Waals surface area contributed by atoms with E-state index in [9.17, 15) is 8.42 Å². The van der Waals surface area contributed by atoms with Gasteiger partial charge in [0.2, 0.25) is 10.0 Å². The maximum absolute atomic E-state index is 12.6. The number of rotatable bonds is 5. The summed E-state index contributed by atoms with van der Waals surface area (Å²) in [7, 11) is -3.52. The highest BCUT2D eigenvalue weighted by atomic mass is 79.9. The van der Waals surface area contributed by atoms with E-state index in [-0.39, 0.29) is 12.0 Å². The van der Waals surface area contributed by atoms with Gasteiger partial charge in [-0.05, 0) is 17.4 Å². The van der Waals surface area contributed by atoms with Gasteiger partial charge < -0.3 is 0 Å². The fourth-order valence-corrected chi connectivity index (χ4v) is 4.78. The highest BCUT2D eigenvalue weighted by Gasteiger charge is 2.23. The lowest BCUT2D eigenvalue weighted by Gasteiger charge is -2.20.